The molecule has 110 valence electrons. The van der Waals surface area contributed by atoms with Gasteiger partial charge in [-0.1, -0.05) is 49.7 Å². The normalized spacial score (nSPS) is 8.75. The molecule has 0 N–H and O–H groups in total. The standard InChI is InChI=1S/C9H12O.C7H7F.C2H6/c1-7-4-5-9(10-3)8(2)6-7;1-6-4-2-3-5-7(6)8;1-2/h4-6H,1-3H3;2-5H,1H3;1-2H3. The molecule has 0 saturated heterocycles. The maximum Gasteiger partial charge on any atom is 0.126 e. The number of aryl methyl sites for hydroxylation is 3. The van der Waals surface area contributed by atoms with Gasteiger partial charge in [-0.2, -0.15) is 0 Å². The summed E-state index contributed by atoms with van der Waals surface area (Å²) in [6, 6.07) is 12.8. The minimum absolute atomic E-state index is 0.132. The van der Waals surface area contributed by atoms with Crippen LogP contribution >= 0.6 is 0 Å². The molecule has 0 aliphatic heterocycles. The van der Waals surface area contributed by atoms with E-state index in [-0.39, 0.29) is 5.82 Å². The Hall–Kier alpha value is -1.83. The van der Waals surface area contributed by atoms with Crippen molar-refractivity contribution in [3.63, 3.8) is 0 Å². The van der Waals surface area contributed by atoms with E-state index in [0.29, 0.717) is 5.56 Å². The number of halogens is 1. The van der Waals surface area contributed by atoms with Crippen LogP contribution in [-0.2, 0) is 0 Å². The zero-order valence-electron chi connectivity index (χ0n) is 13.3. The van der Waals surface area contributed by atoms with Crippen LogP contribution < -0.4 is 4.74 Å². The Morgan fingerprint density at radius 1 is 0.850 bits per heavy atom. The number of rotatable bonds is 1. The van der Waals surface area contributed by atoms with E-state index in [1.807, 2.05) is 39.0 Å². The van der Waals surface area contributed by atoms with Gasteiger partial charge in [0.05, 0.1) is 7.11 Å². The molecular formula is C18H25FO. The highest BCUT2D eigenvalue weighted by Gasteiger charge is 1.94. The van der Waals surface area contributed by atoms with Crippen molar-refractivity contribution >= 4 is 0 Å². The lowest BCUT2D eigenvalue weighted by molar-refractivity contribution is 0.411. The van der Waals surface area contributed by atoms with Gasteiger partial charge in [0.15, 0.2) is 0 Å². The van der Waals surface area contributed by atoms with Gasteiger partial charge < -0.3 is 4.74 Å². The van der Waals surface area contributed by atoms with Crippen LogP contribution in [0.3, 0.4) is 0 Å². The number of hydrogen-bond acceptors (Lipinski definition) is 1. The molecule has 0 aliphatic rings. The van der Waals surface area contributed by atoms with E-state index in [4.69, 9.17) is 4.74 Å². The molecule has 0 unspecified atom stereocenters. The number of ether oxygens (including phenoxy) is 1. The van der Waals surface area contributed by atoms with Gasteiger partial charge >= 0.3 is 0 Å². The fourth-order valence-electron chi connectivity index (χ4n) is 1.58. The molecule has 20 heavy (non-hydrogen) atoms. The summed E-state index contributed by atoms with van der Waals surface area (Å²) in [7, 11) is 1.69. The van der Waals surface area contributed by atoms with E-state index >= 15 is 0 Å². The molecule has 2 aromatic rings. The molecule has 2 aromatic carbocycles. The Balaban J connectivity index is 0.000000327. The monoisotopic (exact) mass is 276 g/mol. The van der Waals surface area contributed by atoms with Crippen LogP contribution in [0.4, 0.5) is 4.39 Å². The Morgan fingerprint density at radius 3 is 1.85 bits per heavy atom. The summed E-state index contributed by atoms with van der Waals surface area (Å²) in [6.45, 7) is 9.87. The van der Waals surface area contributed by atoms with Crippen molar-refractivity contribution in [2.24, 2.45) is 0 Å². The Labute approximate surface area is 122 Å². The van der Waals surface area contributed by atoms with Crippen LogP contribution in [0.15, 0.2) is 42.5 Å². The molecular weight excluding hydrogens is 251 g/mol. The molecule has 2 rings (SSSR count). The topological polar surface area (TPSA) is 9.23 Å². The summed E-state index contributed by atoms with van der Waals surface area (Å²) in [6.07, 6.45) is 0. The number of benzene rings is 2. The van der Waals surface area contributed by atoms with Gasteiger partial charge in [0.1, 0.15) is 11.6 Å². The van der Waals surface area contributed by atoms with E-state index in [1.54, 1.807) is 26.2 Å². The summed E-state index contributed by atoms with van der Waals surface area (Å²) in [4.78, 5) is 0. The fraction of sp³-hybridized carbons (Fsp3) is 0.333. The van der Waals surface area contributed by atoms with Crippen molar-refractivity contribution in [1.82, 2.24) is 0 Å². The molecule has 0 fully saturated rings. The second-order valence-corrected chi connectivity index (χ2v) is 4.22. The summed E-state index contributed by atoms with van der Waals surface area (Å²) in [5.41, 5.74) is 3.17. The second-order valence-electron chi connectivity index (χ2n) is 4.22. The smallest absolute Gasteiger partial charge is 0.126 e. The lowest BCUT2D eigenvalue weighted by atomic mass is 10.1. The van der Waals surface area contributed by atoms with Crippen LogP contribution in [0.5, 0.6) is 5.75 Å². The average molecular weight is 276 g/mol. The van der Waals surface area contributed by atoms with Crippen LogP contribution in [0.25, 0.3) is 0 Å². The summed E-state index contributed by atoms with van der Waals surface area (Å²) in [5.74, 6) is 0.832. The maximum atomic E-state index is 12.3. The lowest BCUT2D eigenvalue weighted by Gasteiger charge is -2.03. The fourth-order valence-corrected chi connectivity index (χ4v) is 1.58. The van der Waals surface area contributed by atoms with E-state index in [0.717, 1.165) is 5.75 Å². The molecule has 2 heteroatoms. The zero-order valence-corrected chi connectivity index (χ0v) is 13.3. The van der Waals surface area contributed by atoms with Crippen molar-refractivity contribution < 1.29 is 9.13 Å². The van der Waals surface area contributed by atoms with Gasteiger partial charge in [-0.3, -0.25) is 0 Å². The highest BCUT2D eigenvalue weighted by atomic mass is 19.1. The first-order chi connectivity index (χ1) is 9.54. The van der Waals surface area contributed by atoms with Gasteiger partial charge in [-0.05, 0) is 44.0 Å². The second kappa shape index (κ2) is 10.0. The summed E-state index contributed by atoms with van der Waals surface area (Å²) < 4.78 is 17.4. The highest BCUT2D eigenvalue weighted by Crippen LogP contribution is 2.17. The SMILES string of the molecule is CC.COc1ccc(C)cc1C.Cc1ccccc1F. The van der Waals surface area contributed by atoms with E-state index < -0.39 is 0 Å². The minimum atomic E-state index is -0.132. The van der Waals surface area contributed by atoms with E-state index in [1.165, 1.54) is 17.2 Å². The highest BCUT2D eigenvalue weighted by molar-refractivity contribution is 5.35. The predicted octanol–water partition coefficient (Wildman–Crippen LogP) is 5.47. The van der Waals surface area contributed by atoms with Crippen LogP contribution in [0.1, 0.15) is 30.5 Å². The van der Waals surface area contributed by atoms with E-state index in [9.17, 15) is 4.39 Å². The molecule has 0 aliphatic carbocycles. The van der Waals surface area contributed by atoms with Crippen molar-refractivity contribution in [2.75, 3.05) is 7.11 Å². The minimum Gasteiger partial charge on any atom is -0.496 e. The van der Waals surface area contributed by atoms with Crippen LogP contribution in [-0.4, -0.2) is 7.11 Å². The first kappa shape index (κ1) is 18.2. The van der Waals surface area contributed by atoms with Gasteiger partial charge in [0.25, 0.3) is 0 Å². The van der Waals surface area contributed by atoms with E-state index in [2.05, 4.69) is 13.0 Å². The predicted molar refractivity (Wildman–Crippen MR) is 85.0 cm³/mol. The van der Waals surface area contributed by atoms with Gasteiger partial charge in [-0.15, -0.1) is 0 Å². The van der Waals surface area contributed by atoms with Crippen LogP contribution in [0.2, 0.25) is 0 Å². The third-order valence-electron chi connectivity index (χ3n) is 2.63. The first-order valence-electron chi connectivity index (χ1n) is 6.87. The summed E-state index contributed by atoms with van der Waals surface area (Å²) >= 11 is 0. The van der Waals surface area contributed by atoms with Crippen LogP contribution in [0, 0.1) is 26.6 Å². The van der Waals surface area contributed by atoms with Crippen molar-refractivity contribution in [3.8, 4) is 5.75 Å². The Kier molecular flexibility index (Phi) is 9.10. The molecule has 0 atom stereocenters. The van der Waals surface area contributed by atoms with Gasteiger partial charge in [0, 0.05) is 0 Å². The quantitative estimate of drug-likeness (QED) is 0.671. The molecule has 0 aromatic heterocycles. The molecule has 0 radical (unpaired) electrons. The molecule has 0 heterocycles. The molecule has 0 spiro atoms. The number of methoxy groups -OCH3 is 1. The Morgan fingerprint density at radius 2 is 1.45 bits per heavy atom. The van der Waals surface area contributed by atoms with Crippen molar-refractivity contribution in [3.05, 3.63) is 65.0 Å². The maximum absolute atomic E-state index is 12.3. The number of hydrogen-bond donors (Lipinski definition) is 0. The molecule has 1 nitrogen and oxygen atoms in total. The largest absolute Gasteiger partial charge is 0.496 e. The van der Waals surface area contributed by atoms with Crippen molar-refractivity contribution in [1.29, 1.82) is 0 Å². The molecule has 0 amide bonds. The lowest BCUT2D eigenvalue weighted by Crippen LogP contribution is -1.86. The zero-order chi connectivity index (χ0) is 15.5. The first-order valence-corrected chi connectivity index (χ1v) is 6.87. The third kappa shape index (κ3) is 6.37. The average Bonchev–Trinajstić information content (AvgIpc) is 2.45. The molecule has 0 saturated carbocycles. The van der Waals surface area contributed by atoms with Gasteiger partial charge in [0.2, 0.25) is 0 Å². The third-order valence-corrected chi connectivity index (χ3v) is 2.63. The van der Waals surface area contributed by atoms with Crippen molar-refractivity contribution in [2.45, 2.75) is 34.6 Å². The molecule has 0 bridgehead atoms. The Bertz CT molecular complexity index is 486. The van der Waals surface area contributed by atoms with Gasteiger partial charge in [-0.25, -0.2) is 4.39 Å². The summed E-state index contributed by atoms with van der Waals surface area (Å²) in [5, 5.41) is 0.